The van der Waals surface area contributed by atoms with Gasteiger partial charge in [0.1, 0.15) is 5.75 Å². The number of amides is 2. The van der Waals surface area contributed by atoms with Crippen molar-refractivity contribution in [2.75, 3.05) is 0 Å². The smallest absolute Gasteiger partial charge is 0.273 e. The summed E-state index contributed by atoms with van der Waals surface area (Å²) in [6, 6.07) is 12.0. The van der Waals surface area contributed by atoms with Gasteiger partial charge in [-0.15, -0.1) is 0 Å². The number of hydrogen-bond acceptors (Lipinski definition) is 3. The maximum atomic E-state index is 12.6. The van der Waals surface area contributed by atoms with E-state index in [2.05, 4.69) is 0 Å². The van der Waals surface area contributed by atoms with Gasteiger partial charge in [0.25, 0.3) is 11.8 Å². The highest BCUT2D eigenvalue weighted by molar-refractivity contribution is 6.03. The van der Waals surface area contributed by atoms with Gasteiger partial charge in [0.15, 0.2) is 0 Å². The molecule has 104 valence electrons. The van der Waals surface area contributed by atoms with Crippen molar-refractivity contribution >= 4 is 11.8 Å². The highest BCUT2D eigenvalue weighted by Gasteiger charge is 2.38. The van der Waals surface area contributed by atoms with E-state index in [-0.39, 0.29) is 17.6 Å². The summed E-state index contributed by atoms with van der Waals surface area (Å²) < 4.78 is 0. The number of hydrazine groups is 1. The molecule has 4 rings (SSSR count). The molecule has 0 radical (unpaired) electrons. The topological polar surface area (TPSA) is 60.9 Å². The number of phenols is 1. The van der Waals surface area contributed by atoms with Gasteiger partial charge >= 0.3 is 0 Å². The van der Waals surface area contributed by atoms with E-state index in [1.807, 2.05) is 18.2 Å². The molecular formula is C16H12N2O3. The quantitative estimate of drug-likeness (QED) is 0.802. The van der Waals surface area contributed by atoms with Crippen molar-refractivity contribution in [2.24, 2.45) is 0 Å². The molecule has 0 saturated carbocycles. The van der Waals surface area contributed by atoms with E-state index in [9.17, 15) is 14.7 Å². The molecule has 0 atom stereocenters. The lowest BCUT2D eigenvalue weighted by molar-refractivity contribution is -0.0218. The van der Waals surface area contributed by atoms with Crippen molar-refractivity contribution in [2.45, 2.75) is 13.1 Å². The number of nitrogens with zero attached hydrogens (tertiary/aromatic N) is 2. The van der Waals surface area contributed by atoms with E-state index in [0.717, 1.165) is 5.56 Å². The molecule has 2 aliphatic rings. The molecule has 0 saturated heterocycles. The molecule has 5 heteroatoms. The lowest BCUT2D eigenvalue weighted by Gasteiger charge is -2.42. The van der Waals surface area contributed by atoms with Crippen LogP contribution < -0.4 is 0 Å². The third-order valence-electron chi connectivity index (χ3n) is 3.97. The Kier molecular flexibility index (Phi) is 2.33. The van der Waals surface area contributed by atoms with Crippen LogP contribution in [0.4, 0.5) is 0 Å². The van der Waals surface area contributed by atoms with Crippen molar-refractivity contribution in [3.63, 3.8) is 0 Å². The first-order valence-electron chi connectivity index (χ1n) is 6.68. The van der Waals surface area contributed by atoms with Crippen LogP contribution >= 0.6 is 0 Å². The fourth-order valence-electron chi connectivity index (χ4n) is 2.92. The van der Waals surface area contributed by atoms with Crippen molar-refractivity contribution < 1.29 is 14.7 Å². The Morgan fingerprint density at radius 1 is 0.810 bits per heavy atom. The number of fused-ring (bicyclic) bond motifs is 3. The number of aromatic hydroxyl groups is 1. The van der Waals surface area contributed by atoms with Crippen LogP contribution in [0.5, 0.6) is 5.75 Å². The Hall–Kier alpha value is -2.82. The molecule has 21 heavy (non-hydrogen) atoms. The molecule has 2 aromatic rings. The number of carbonyl (C=O) groups excluding carboxylic acids is 2. The summed E-state index contributed by atoms with van der Waals surface area (Å²) in [7, 11) is 0. The number of carbonyl (C=O) groups is 2. The lowest BCUT2D eigenvalue weighted by Crippen LogP contribution is -2.54. The SMILES string of the molecule is O=C1c2ccccc2CN2C(=O)c3ccc(O)cc3CN12. The van der Waals surface area contributed by atoms with E-state index in [1.165, 1.54) is 16.1 Å². The van der Waals surface area contributed by atoms with Crippen LogP contribution in [0.2, 0.25) is 0 Å². The molecule has 2 aliphatic heterocycles. The van der Waals surface area contributed by atoms with E-state index in [1.54, 1.807) is 18.2 Å². The lowest BCUT2D eigenvalue weighted by atomic mass is 9.98. The van der Waals surface area contributed by atoms with Gasteiger partial charge in [-0.05, 0) is 35.4 Å². The maximum Gasteiger partial charge on any atom is 0.273 e. The fourth-order valence-corrected chi connectivity index (χ4v) is 2.92. The molecule has 1 N–H and O–H groups in total. The van der Waals surface area contributed by atoms with Crippen molar-refractivity contribution in [3.05, 3.63) is 64.7 Å². The van der Waals surface area contributed by atoms with E-state index >= 15 is 0 Å². The third-order valence-corrected chi connectivity index (χ3v) is 3.97. The standard InChI is InChI=1S/C16H12N2O3/c19-12-5-6-14-11(7-12)9-18-15(20)13-4-2-1-3-10(13)8-17(18)16(14)21/h1-7,19H,8-9H2. The monoisotopic (exact) mass is 280 g/mol. The third kappa shape index (κ3) is 1.64. The van der Waals surface area contributed by atoms with Crippen molar-refractivity contribution in [3.8, 4) is 5.75 Å². The second-order valence-electron chi connectivity index (χ2n) is 5.22. The molecule has 0 bridgehead atoms. The Bertz CT molecular complexity index is 785. The fraction of sp³-hybridized carbons (Fsp3) is 0.125. The van der Waals surface area contributed by atoms with Crippen molar-refractivity contribution in [1.29, 1.82) is 0 Å². The van der Waals surface area contributed by atoms with Gasteiger partial charge in [-0.3, -0.25) is 9.59 Å². The van der Waals surface area contributed by atoms with Gasteiger partial charge in [-0.25, -0.2) is 10.0 Å². The van der Waals surface area contributed by atoms with Gasteiger partial charge in [0.2, 0.25) is 0 Å². The minimum Gasteiger partial charge on any atom is -0.508 e. The Labute approximate surface area is 121 Å². The zero-order valence-corrected chi connectivity index (χ0v) is 11.1. The largest absolute Gasteiger partial charge is 0.508 e. The highest BCUT2D eigenvalue weighted by Crippen LogP contribution is 2.31. The minimum absolute atomic E-state index is 0.0971. The molecule has 5 nitrogen and oxygen atoms in total. The Morgan fingerprint density at radius 3 is 2.19 bits per heavy atom. The summed E-state index contributed by atoms with van der Waals surface area (Å²) in [5.41, 5.74) is 2.69. The highest BCUT2D eigenvalue weighted by atomic mass is 16.3. The Balaban J connectivity index is 1.83. The zero-order valence-electron chi connectivity index (χ0n) is 11.1. The second kappa shape index (κ2) is 4.09. The second-order valence-corrected chi connectivity index (χ2v) is 5.22. The number of rotatable bonds is 0. The van der Waals surface area contributed by atoms with Crippen LogP contribution in [0.1, 0.15) is 31.8 Å². The van der Waals surface area contributed by atoms with Crippen LogP contribution in [-0.2, 0) is 13.1 Å². The molecule has 0 fully saturated rings. The maximum absolute atomic E-state index is 12.6. The van der Waals surface area contributed by atoms with Gasteiger partial charge < -0.3 is 5.11 Å². The molecule has 0 aliphatic carbocycles. The first-order chi connectivity index (χ1) is 10.1. The number of hydrogen-bond donors (Lipinski definition) is 1. The number of benzene rings is 2. The zero-order chi connectivity index (χ0) is 14.6. The summed E-state index contributed by atoms with van der Waals surface area (Å²) in [4.78, 5) is 25.1. The van der Waals surface area contributed by atoms with Gasteiger partial charge in [0.05, 0.1) is 13.1 Å². The van der Waals surface area contributed by atoms with Gasteiger partial charge in [-0.2, -0.15) is 0 Å². The summed E-state index contributed by atoms with van der Waals surface area (Å²) in [6.07, 6.45) is 0. The number of phenolic OH excluding ortho intramolecular Hbond substituents is 1. The molecule has 0 aromatic heterocycles. The summed E-state index contributed by atoms with van der Waals surface area (Å²) in [5.74, 6) is -0.293. The first-order valence-corrected chi connectivity index (χ1v) is 6.68. The molecule has 2 amide bonds. The predicted molar refractivity (Wildman–Crippen MR) is 74.3 cm³/mol. The molecule has 2 heterocycles. The van der Waals surface area contributed by atoms with Gasteiger partial charge in [0, 0.05) is 11.1 Å². The van der Waals surface area contributed by atoms with Crippen LogP contribution in [0.15, 0.2) is 42.5 Å². The van der Waals surface area contributed by atoms with Gasteiger partial charge in [-0.1, -0.05) is 18.2 Å². The summed E-state index contributed by atoms with van der Waals surface area (Å²) >= 11 is 0. The van der Waals surface area contributed by atoms with E-state index in [4.69, 9.17) is 0 Å². The predicted octanol–water partition coefficient (Wildman–Crippen LogP) is 1.92. The molecule has 0 spiro atoms. The average Bonchev–Trinajstić information content (AvgIpc) is 2.49. The summed E-state index contributed by atoms with van der Waals surface area (Å²) in [6.45, 7) is 0.684. The van der Waals surface area contributed by atoms with Crippen molar-refractivity contribution in [1.82, 2.24) is 10.0 Å². The molecular weight excluding hydrogens is 268 g/mol. The minimum atomic E-state index is -0.209. The van der Waals surface area contributed by atoms with E-state index < -0.39 is 0 Å². The van der Waals surface area contributed by atoms with Crippen LogP contribution in [0, 0.1) is 0 Å². The van der Waals surface area contributed by atoms with Crippen LogP contribution in [-0.4, -0.2) is 26.9 Å². The average molecular weight is 280 g/mol. The summed E-state index contributed by atoms with van der Waals surface area (Å²) in [5, 5.41) is 12.5. The molecule has 2 aromatic carbocycles. The van der Waals surface area contributed by atoms with E-state index in [0.29, 0.717) is 29.8 Å². The Morgan fingerprint density at radius 2 is 1.43 bits per heavy atom. The molecule has 0 unspecified atom stereocenters. The first kappa shape index (κ1) is 12.0. The van der Waals surface area contributed by atoms with Crippen LogP contribution in [0.25, 0.3) is 0 Å². The van der Waals surface area contributed by atoms with Crippen LogP contribution in [0.3, 0.4) is 0 Å². The normalized spacial score (nSPS) is 16.4.